The number of pyridine rings is 2. The normalized spacial score (nSPS) is 10.8. The smallest absolute Gasteiger partial charge is 0.228 e. The van der Waals surface area contributed by atoms with Crippen molar-refractivity contribution in [2.24, 2.45) is 0 Å². The summed E-state index contributed by atoms with van der Waals surface area (Å²) in [7, 11) is 0. The first-order valence-corrected chi connectivity index (χ1v) is 8.33. The number of rotatable bonds is 6. The minimum absolute atomic E-state index is 0.366. The van der Waals surface area contributed by atoms with E-state index in [2.05, 4.69) is 15.0 Å². The van der Waals surface area contributed by atoms with E-state index >= 15 is 0 Å². The highest BCUT2D eigenvalue weighted by Crippen LogP contribution is 2.26. The summed E-state index contributed by atoms with van der Waals surface area (Å²) in [6.07, 6.45) is 5.13. The third-order valence-corrected chi connectivity index (χ3v) is 3.76. The Labute approximate surface area is 150 Å². The number of nitrogens with zero attached hydrogens (tertiary/aromatic N) is 3. The van der Waals surface area contributed by atoms with Gasteiger partial charge >= 0.3 is 0 Å². The first kappa shape index (κ1) is 16.1. The standard InChI is InChI=1S/C20H17N3O3/c1-2-24-17-6-5-15(22-12-17)13-25-16-7-8-19-18(10-16)23-20(26-19)14-4-3-9-21-11-14/h3-12H,2,13H2,1H3. The van der Waals surface area contributed by atoms with E-state index in [0.29, 0.717) is 30.4 Å². The third kappa shape index (κ3) is 3.49. The van der Waals surface area contributed by atoms with Crippen molar-refractivity contribution in [3.63, 3.8) is 0 Å². The predicted octanol–water partition coefficient (Wildman–Crippen LogP) is 4.26. The van der Waals surface area contributed by atoms with Gasteiger partial charge in [-0.25, -0.2) is 4.98 Å². The maximum absolute atomic E-state index is 5.82. The molecule has 6 nitrogen and oxygen atoms in total. The van der Waals surface area contributed by atoms with Crippen LogP contribution in [0, 0.1) is 0 Å². The Morgan fingerprint density at radius 1 is 1.00 bits per heavy atom. The van der Waals surface area contributed by atoms with Gasteiger partial charge in [0.05, 0.1) is 24.1 Å². The van der Waals surface area contributed by atoms with Crippen LogP contribution in [0.2, 0.25) is 0 Å². The highest BCUT2D eigenvalue weighted by atomic mass is 16.5. The van der Waals surface area contributed by atoms with Gasteiger partial charge in [-0.2, -0.15) is 0 Å². The molecule has 0 amide bonds. The van der Waals surface area contributed by atoms with Crippen molar-refractivity contribution in [1.82, 2.24) is 15.0 Å². The fourth-order valence-corrected chi connectivity index (χ4v) is 2.52. The molecule has 4 rings (SSSR count). The van der Waals surface area contributed by atoms with Crippen LogP contribution < -0.4 is 9.47 Å². The van der Waals surface area contributed by atoms with Gasteiger partial charge in [0.1, 0.15) is 23.6 Å². The number of fused-ring (bicyclic) bond motifs is 1. The van der Waals surface area contributed by atoms with Gasteiger partial charge < -0.3 is 13.9 Å². The molecule has 1 aromatic carbocycles. The molecule has 130 valence electrons. The Bertz CT molecular complexity index is 998. The summed E-state index contributed by atoms with van der Waals surface area (Å²) < 4.78 is 17.0. The van der Waals surface area contributed by atoms with Crippen molar-refractivity contribution >= 4 is 11.1 Å². The van der Waals surface area contributed by atoms with Crippen LogP contribution in [0.4, 0.5) is 0 Å². The lowest BCUT2D eigenvalue weighted by atomic mass is 10.3. The predicted molar refractivity (Wildman–Crippen MR) is 97.0 cm³/mol. The minimum Gasteiger partial charge on any atom is -0.492 e. The molecule has 0 radical (unpaired) electrons. The Morgan fingerprint density at radius 3 is 2.69 bits per heavy atom. The lowest BCUT2D eigenvalue weighted by Crippen LogP contribution is -1.99. The topological polar surface area (TPSA) is 70.3 Å². The Balaban J connectivity index is 1.48. The fraction of sp³-hybridized carbons (Fsp3) is 0.150. The van der Waals surface area contributed by atoms with Crippen LogP contribution in [0.5, 0.6) is 11.5 Å². The van der Waals surface area contributed by atoms with Crippen molar-refractivity contribution in [3.8, 4) is 23.0 Å². The van der Waals surface area contributed by atoms with Gasteiger partial charge in [0.15, 0.2) is 5.58 Å². The maximum Gasteiger partial charge on any atom is 0.228 e. The van der Waals surface area contributed by atoms with E-state index < -0.39 is 0 Å². The second-order valence-corrected chi connectivity index (χ2v) is 5.60. The highest BCUT2D eigenvalue weighted by Gasteiger charge is 2.09. The SMILES string of the molecule is CCOc1ccc(COc2ccc3oc(-c4cccnc4)nc3c2)nc1. The van der Waals surface area contributed by atoms with Gasteiger partial charge in [-0.05, 0) is 43.3 Å². The Kier molecular flexibility index (Phi) is 4.47. The second kappa shape index (κ2) is 7.23. The summed E-state index contributed by atoms with van der Waals surface area (Å²) in [5, 5.41) is 0. The molecule has 0 saturated carbocycles. The zero-order chi connectivity index (χ0) is 17.8. The third-order valence-electron chi connectivity index (χ3n) is 3.76. The molecule has 3 heterocycles. The summed E-state index contributed by atoms with van der Waals surface area (Å²) in [5.74, 6) is 2.00. The highest BCUT2D eigenvalue weighted by molar-refractivity contribution is 5.77. The Hall–Kier alpha value is -3.41. The molecule has 6 heteroatoms. The van der Waals surface area contributed by atoms with Crippen LogP contribution in [-0.2, 0) is 6.61 Å². The molecule has 3 aromatic heterocycles. The second-order valence-electron chi connectivity index (χ2n) is 5.60. The van der Waals surface area contributed by atoms with Crippen molar-refractivity contribution in [1.29, 1.82) is 0 Å². The first-order chi connectivity index (χ1) is 12.8. The van der Waals surface area contributed by atoms with Gasteiger partial charge in [0.2, 0.25) is 5.89 Å². The van der Waals surface area contributed by atoms with E-state index in [-0.39, 0.29) is 0 Å². The van der Waals surface area contributed by atoms with Gasteiger partial charge in [0, 0.05) is 18.5 Å². The first-order valence-electron chi connectivity index (χ1n) is 8.33. The number of ether oxygens (including phenoxy) is 2. The van der Waals surface area contributed by atoms with Crippen LogP contribution in [0.15, 0.2) is 65.5 Å². The maximum atomic E-state index is 5.82. The van der Waals surface area contributed by atoms with Gasteiger partial charge in [-0.1, -0.05) is 0 Å². The minimum atomic E-state index is 0.366. The van der Waals surface area contributed by atoms with E-state index in [4.69, 9.17) is 13.9 Å². The summed E-state index contributed by atoms with van der Waals surface area (Å²) in [6.45, 7) is 2.93. The monoisotopic (exact) mass is 347 g/mol. The number of benzene rings is 1. The van der Waals surface area contributed by atoms with Crippen LogP contribution in [0.1, 0.15) is 12.6 Å². The van der Waals surface area contributed by atoms with Gasteiger partial charge in [-0.15, -0.1) is 0 Å². The molecule has 0 unspecified atom stereocenters. The lowest BCUT2D eigenvalue weighted by Gasteiger charge is -2.06. The number of hydrogen-bond donors (Lipinski definition) is 0. The van der Waals surface area contributed by atoms with Crippen molar-refractivity contribution < 1.29 is 13.9 Å². The zero-order valence-corrected chi connectivity index (χ0v) is 14.3. The van der Waals surface area contributed by atoms with Crippen LogP contribution >= 0.6 is 0 Å². The van der Waals surface area contributed by atoms with Crippen LogP contribution in [0.25, 0.3) is 22.6 Å². The molecule has 0 aliphatic carbocycles. The molecule has 0 aliphatic rings. The summed E-state index contributed by atoms with van der Waals surface area (Å²) >= 11 is 0. The number of oxazole rings is 1. The zero-order valence-electron chi connectivity index (χ0n) is 14.3. The van der Waals surface area contributed by atoms with Crippen molar-refractivity contribution in [2.45, 2.75) is 13.5 Å². The van der Waals surface area contributed by atoms with E-state index in [9.17, 15) is 0 Å². The molecule has 4 aromatic rings. The molecular weight excluding hydrogens is 330 g/mol. The van der Waals surface area contributed by atoms with Gasteiger partial charge in [-0.3, -0.25) is 9.97 Å². The summed E-state index contributed by atoms with van der Waals surface area (Å²) in [6, 6.07) is 13.1. The molecule has 0 spiro atoms. The van der Waals surface area contributed by atoms with E-state index in [1.54, 1.807) is 18.6 Å². The van der Waals surface area contributed by atoms with Crippen LogP contribution in [-0.4, -0.2) is 21.6 Å². The molecule has 0 N–H and O–H groups in total. The van der Waals surface area contributed by atoms with Crippen molar-refractivity contribution in [2.75, 3.05) is 6.61 Å². The molecule has 0 bridgehead atoms. The van der Waals surface area contributed by atoms with E-state index in [1.807, 2.05) is 49.4 Å². The molecule has 0 aliphatic heterocycles. The van der Waals surface area contributed by atoms with Crippen LogP contribution in [0.3, 0.4) is 0 Å². The quantitative estimate of drug-likeness (QED) is 0.519. The summed E-state index contributed by atoms with van der Waals surface area (Å²) in [5.41, 5.74) is 3.10. The molecule has 0 atom stereocenters. The largest absolute Gasteiger partial charge is 0.492 e. The number of aromatic nitrogens is 3. The van der Waals surface area contributed by atoms with E-state index in [0.717, 1.165) is 22.5 Å². The lowest BCUT2D eigenvalue weighted by molar-refractivity contribution is 0.300. The van der Waals surface area contributed by atoms with Crippen molar-refractivity contribution in [3.05, 3.63) is 66.7 Å². The van der Waals surface area contributed by atoms with Gasteiger partial charge in [0.25, 0.3) is 0 Å². The average molecular weight is 347 g/mol. The fourth-order valence-electron chi connectivity index (χ4n) is 2.52. The molecular formula is C20H17N3O3. The molecule has 26 heavy (non-hydrogen) atoms. The average Bonchev–Trinajstić information content (AvgIpc) is 3.12. The molecule has 0 saturated heterocycles. The number of hydrogen-bond acceptors (Lipinski definition) is 6. The molecule has 0 fully saturated rings. The van der Waals surface area contributed by atoms with E-state index in [1.165, 1.54) is 0 Å². The Morgan fingerprint density at radius 2 is 1.92 bits per heavy atom. The summed E-state index contributed by atoms with van der Waals surface area (Å²) in [4.78, 5) is 12.9.